The van der Waals surface area contributed by atoms with Crippen LogP contribution in [0.4, 0.5) is 0 Å². The summed E-state index contributed by atoms with van der Waals surface area (Å²) in [5, 5.41) is 7.52. The quantitative estimate of drug-likeness (QED) is 0.809. The van der Waals surface area contributed by atoms with E-state index < -0.39 is 11.8 Å². The molecule has 0 saturated heterocycles. The molecule has 1 aliphatic rings. The van der Waals surface area contributed by atoms with Crippen molar-refractivity contribution in [2.45, 2.75) is 65.5 Å². The number of amides is 2. The van der Waals surface area contributed by atoms with E-state index in [1.54, 1.807) is 11.3 Å². The van der Waals surface area contributed by atoms with Crippen molar-refractivity contribution < 1.29 is 9.59 Å². The number of rotatable bonds is 5. The van der Waals surface area contributed by atoms with Crippen molar-refractivity contribution in [1.82, 2.24) is 10.6 Å². The molecule has 1 aromatic rings. The van der Waals surface area contributed by atoms with Gasteiger partial charge in [-0.3, -0.25) is 9.59 Å². The molecule has 1 heterocycles. The van der Waals surface area contributed by atoms with Crippen molar-refractivity contribution in [3.63, 3.8) is 0 Å². The average Bonchev–Trinajstić information content (AvgIpc) is 3.06. The first-order valence-electron chi connectivity index (χ1n) is 8.53. The second-order valence-electron chi connectivity index (χ2n) is 7.13. The molecule has 4 nitrogen and oxygen atoms in total. The Labute approximate surface area is 143 Å². The lowest BCUT2D eigenvalue weighted by Gasteiger charge is -2.39. The lowest BCUT2D eigenvalue weighted by Crippen LogP contribution is -2.46. The fraction of sp³-hybridized carbons (Fsp3) is 0.667. The van der Waals surface area contributed by atoms with Gasteiger partial charge >= 0.3 is 11.8 Å². The highest BCUT2D eigenvalue weighted by atomic mass is 32.1. The maximum Gasteiger partial charge on any atom is 0.309 e. The molecule has 1 aromatic heterocycles. The van der Waals surface area contributed by atoms with Crippen LogP contribution in [0.5, 0.6) is 0 Å². The monoisotopic (exact) mass is 336 g/mol. The lowest BCUT2D eigenvalue weighted by molar-refractivity contribution is -0.139. The third-order valence-electron chi connectivity index (χ3n) is 5.29. The van der Waals surface area contributed by atoms with Gasteiger partial charge in [0, 0.05) is 10.9 Å². The molecule has 1 aliphatic carbocycles. The van der Waals surface area contributed by atoms with Crippen molar-refractivity contribution >= 4 is 23.2 Å². The van der Waals surface area contributed by atoms with Gasteiger partial charge < -0.3 is 10.6 Å². The molecule has 0 unspecified atom stereocenters. The molecule has 0 bridgehead atoms. The molecule has 0 aliphatic heterocycles. The van der Waals surface area contributed by atoms with Crippen molar-refractivity contribution in [1.29, 1.82) is 0 Å². The van der Waals surface area contributed by atoms with Gasteiger partial charge in [0.05, 0.1) is 6.54 Å². The van der Waals surface area contributed by atoms with E-state index in [-0.39, 0.29) is 6.04 Å². The van der Waals surface area contributed by atoms with Crippen LogP contribution in [0, 0.1) is 11.3 Å². The minimum Gasteiger partial charge on any atom is -0.345 e. The number of nitrogens with one attached hydrogen (secondary N) is 2. The predicted molar refractivity (Wildman–Crippen MR) is 94.1 cm³/mol. The summed E-state index contributed by atoms with van der Waals surface area (Å²) in [5.41, 5.74) is 0.368. The highest BCUT2D eigenvalue weighted by Crippen LogP contribution is 2.40. The van der Waals surface area contributed by atoms with E-state index in [0.29, 0.717) is 17.9 Å². The molecule has 0 aromatic carbocycles. The smallest absolute Gasteiger partial charge is 0.309 e. The Balaban J connectivity index is 1.73. The molecule has 0 atom stereocenters. The van der Waals surface area contributed by atoms with Gasteiger partial charge in [-0.2, -0.15) is 0 Å². The SMILES string of the molecule is CCC(C)(C)C1CCC(NC(=O)C(=O)NCc2cccs2)CC1. The van der Waals surface area contributed by atoms with Gasteiger partial charge in [0.25, 0.3) is 0 Å². The van der Waals surface area contributed by atoms with E-state index in [2.05, 4.69) is 31.4 Å². The second-order valence-corrected chi connectivity index (χ2v) is 8.16. The van der Waals surface area contributed by atoms with Gasteiger partial charge in [-0.25, -0.2) is 0 Å². The van der Waals surface area contributed by atoms with Crippen LogP contribution in [0.3, 0.4) is 0 Å². The van der Waals surface area contributed by atoms with Crippen LogP contribution in [0.1, 0.15) is 57.8 Å². The van der Waals surface area contributed by atoms with Crippen LogP contribution in [-0.4, -0.2) is 17.9 Å². The first-order chi connectivity index (χ1) is 10.9. The molecule has 2 N–H and O–H groups in total. The van der Waals surface area contributed by atoms with Crippen LogP contribution >= 0.6 is 11.3 Å². The van der Waals surface area contributed by atoms with E-state index in [9.17, 15) is 9.59 Å². The minimum absolute atomic E-state index is 0.138. The van der Waals surface area contributed by atoms with Crippen LogP contribution < -0.4 is 10.6 Å². The topological polar surface area (TPSA) is 58.2 Å². The predicted octanol–water partition coefficient (Wildman–Crippen LogP) is 3.48. The summed E-state index contributed by atoms with van der Waals surface area (Å²) in [4.78, 5) is 24.9. The van der Waals surface area contributed by atoms with Crippen molar-refractivity contribution in [3.8, 4) is 0 Å². The largest absolute Gasteiger partial charge is 0.345 e. The Morgan fingerprint density at radius 2 is 1.91 bits per heavy atom. The van der Waals surface area contributed by atoms with Gasteiger partial charge in [-0.05, 0) is 48.5 Å². The number of carbonyl (C=O) groups is 2. The van der Waals surface area contributed by atoms with Crippen molar-refractivity contribution in [2.24, 2.45) is 11.3 Å². The molecule has 5 heteroatoms. The standard InChI is InChI=1S/C18H28N2O2S/c1-4-18(2,3)13-7-9-14(10-8-13)20-17(22)16(21)19-12-15-6-5-11-23-15/h5-6,11,13-14H,4,7-10,12H2,1-3H3,(H,19,21)(H,20,22). The molecule has 2 amide bonds. The summed E-state index contributed by atoms with van der Waals surface area (Å²) in [6.07, 6.45) is 5.38. The third kappa shape index (κ3) is 5.06. The Morgan fingerprint density at radius 1 is 1.22 bits per heavy atom. The van der Waals surface area contributed by atoms with Crippen LogP contribution in [0.15, 0.2) is 17.5 Å². The summed E-state index contributed by atoms with van der Waals surface area (Å²) in [6, 6.07) is 4.01. The molecule has 1 saturated carbocycles. The number of hydrogen-bond acceptors (Lipinski definition) is 3. The van der Waals surface area contributed by atoms with Crippen LogP contribution in [0.25, 0.3) is 0 Å². The molecule has 128 valence electrons. The fourth-order valence-electron chi connectivity index (χ4n) is 3.22. The van der Waals surface area contributed by atoms with Gasteiger partial charge in [-0.1, -0.05) is 33.3 Å². The van der Waals surface area contributed by atoms with Gasteiger partial charge in [-0.15, -0.1) is 11.3 Å². The number of thiophene rings is 1. The first-order valence-corrected chi connectivity index (χ1v) is 9.41. The molecule has 23 heavy (non-hydrogen) atoms. The van der Waals surface area contributed by atoms with Crippen molar-refractivity contribution in [3.05, 3.63) is 22.4 Å². The highest BCUT2D eigenvalue weighted by Gasteiger charge is 2.32. The maximum absolute atomic E-state index is 12.0. The third-order valence-corrected chi connectivity index (χ3v) is 6.16. The van der Waals surface area contributed by atoms with E-state index in [4.69, 9.17) is 0 Å². The average molecular weight is 337 g/mol. The maximum atomic E-state index is 12.0. The van der Waals surface area contributed by atoms with Crippen LogP contribution in [0.2, 0.25) is 0 Å². The zero-order valence-corrected chi connectivity index (χ0v) is 15.2. The summed E-state index contributed by atoms with van der Waals surface area (Å²) in [7, 11) is 0. The lowest BCUT2D eigenvalue weighted by atomic mass is 9.69. The Hall–Kier alpha value is -1.36. The molecular formula is C18H28N2O2S. The number of hydrogen-bond donors (Lipinski definition) is 2. The van der Waals surface area contributed by atoms with E-state index >= 15 is 0 Å². The van der Waals surface area contributed by atoms with Gasteiger partial charge in [0.1, 0.15) is 0 Å². The highest BCUT2D eigenvalue weighted by molar-refractivity contribution is 7.09. The second kappa shape index (κ2) is 7.95. The normalized spacial score (nSPS) is 21.7. The van der Waals surface area contributed by atoms with Crippen molar-refractivity contribution in [2.75, 3.05) is 0 Å². The minimum atomic E-state index is -0.533. The Morgan fingerprint density at radius 3 is 2.48 bits per heavy atom. The fourth-order valence-corrected chi connectivity index (χ4v) is 3.86. The summed E-state index contributed by atoms with van der Waals surface area (Å²) >= 11 is 1.57. The summed E-state index contributed by atoms with van der Waals surface area (Å²) in [6.45, 7) is 7.32. The molecule has 0 spiro atoms. The Kier molecular flexibility index (Phi) is 6.22. The van der Waals surface area contributed by atoms with Gasteiger partial charge in [0.15, 0.2) is 0 Å². The first kappa shape index (κ1) is 18.0. The van der Waals surface area contributed by atoms with E-state index in [0.717, 1.165) is 30.6 Å². The zero-order chi connectivity index (χ0) is 16.9. The molecule has 0 radical (unpaired) electrons. The number of carbonyl (C=O) groups excluding carboxylic acids is 2. The molecule has 2 rings (SSSR count). The molecular weight excluding hydrogens is 308 g/mol. The van der Waals surface area contributed by atoms with E-state index in [1.165, 1.54) is 6.42 Å². The van der Waals surface area contributed by atoms with E-state index in [1.807, 2.05) is 17.5 Å². The zero-order valence-electron chi connectivity index (χ0n) is 14.4. The molecule has 1 fully saturated rings. The van der Waals surface area contributed by atoms with Crippen LogP contribution in [-0.2, 0) is 16.1 Å². The summed E-state index contributed by atoms with van der Waals surface area (Å²) in [5.74, 6) is -0.317. The summed E-state index contributed by atoms with van der Waals surface area (Å²) < 4.78 is 0. The van der Waals surface area contributed by atoms with Gasteiger partial charge in [0.2, 0.25) is 0 Å². The Bertz CT molecular complexity index is 517.